The number of amides is 2. The number of nitrogens with one attached hydrogen (secondary N) is 2. The molecule has 174 valence electrons. The van der Waals surface area contributed by atoms with E-state index in [1.807, 2.05) is 43.3 Å². The van der Waals surface area contributed by atoms with E-state index in [0.717, 1.165) is 24.0 Å². The zero-order chi connectivity index (χ0) is 23.2. The van der Waals surface area contributed by atoms with Gasteiger partial charge in [0.15, 0.2) is 0 Å². The van der Waals surface area contributed by atoms with Crippen LogP contribution in [0.1, 0.15) is 37.8 Å². The molecule has 2 rings (SSSR count). The SMILES string of the molecule is CCCOc1cc(F)cc(C[C@@H](CCNCCN(C=O)Cc2ccccc2)NC(C)=O)c1. The van der Waals surface area contributed by atoms with E-state index in [2.05, 4.69) is 10.6 Å². The number of carbonyl (C=O) groups excluding carboxylic acids is 2. The Morgan fingerprint density at radius 3 is 2.62 bits per heavy atom. The van der Waals surface area contributed by atoms with Crippen LogP contribution in [0.5, 0.6) is 5.75 Å². The van der Waals surface area contributed by atoms with Gasteiger partial charge in [-0.3, -0.25) is 9.59 Å². The molecule has 0 aromatic heterocycles. The van der Waals surface area contributed by atoms with E-state index in [0.29, 0.717) is 51.4 Å². The van der Waals surface area contributed by atoms with Crippen LogP contribution in [-0.4, -0.2) is 49.5 Å². The summed E-state index contributed by atoms with van der Waals surface area (Å²) in [5, 5.41) is 6.27. The van der Waals surface area contributed by atoms with Crippen LogP contribution in [0.4, 0.5) is 4.39 Å². The van der Waals surface area contributed by atoms with Crippen LogP contribution in [0.3, 0.4) is 0 Å². The summed E-state index contributed by atoms with van der Waals surface area (Å²) in [5.74, 6) is 0.0402. The van der Waals surface area contributed by atoms with Gasteiger partial charge in [-0.2, -0.15) is 0 Å². The Labute approximate surface area is 190 Å². The highest BCUT2D eigenvalue weighted by Gasteiger charge is 2.13. The summed E-state index contributed by atoms with van der Waals surface area (Å²) < 4.78 is 19.5. The molecule has 0 aliphatic carbocycles. The standard InChI is InChI=1S/C25H34FN3O3/c1-3-13-32-25-16-22(14-23(26)17-25)15-24(28-20(2)31)9-10-27-11-12-29(19-30)18-21-7-5-4-6-8-21/h4-8,14,16-17,19,24,27H,3,9-13,15,18H2,1-2H3,(H,28,31)/t24-/m1/s1. The van der Waals surface area contributed by atoms with Crippen LogP contribution in [-0.2, 0) is 22.6 Å². The molecule has 0 unspecified atom stereocenters. The molecule has 1 atom stereocenters. The lowest BCUT2D eigenvalue weighted by atomic mass is 10.0. The van der Waals surface area contributed by atoms with Gasteiger partial charge in [-0.1, -0.05) is 37.3 Å². The molecule has 0 fully saturated rings. The zero-order valence-corrected chi connectivity index (χ0v) is 19.0. The molecule has 0 bridgehead atoms. The maximum atomic E-state index is 14.0. The Balaban J connectivity index is 1.81. The Morgan fingerprint density at radius 2 is 1.94 bits per heavy atom. The highest BCUT2D eigenvalue weighted by atomic mass is 19.1. The van der Waals surface area contributed by atoms with E-state index >= 15 is 0 Å². The quantitative estimate of drug-likeness (QED) is 0.327. The summed E-state index contributed by atoms with van der Waals surface area (Å²) >= 11 is 0. The van der Waals surface area contributed by atoms with Crippen molar-refractivity contribution >= 4 is 12.3 Å². The van der Waals surface area contributed by atoms with E-state index in [4.69, 9.17) is 4.74 Å². The van der Waals surface area contributed by atoms with Crippen molar-refractivity contribution in [2.45, 2.75) is 45.7 Å². The second-order valence-electron chi connectivity index (χ2n) is 7.85. The smallest absolute Gasteiger partial charge is 0.217 e. The van der Waals surface area contributed by atoms with E-state index in [1.54, 1.807) is 4.90 Å². The molecule has 2 N–H and O–H groups in total. The predicted molar refractivity (Wildman–Crippen MR) is 124 cm³/mol. The van der Waals surface area contributed by atoms with Crippen molar-refractivity contribution < 1.29 is 18.7 Å². The van der Waals surface area contributed by atoms with Crippen LogP contribution in [0, 0.1) is 5.82 Å². The van der Waals surface area contributed by atoms with Crippen molar-refractivity contribution in [1.82, 2.24) is 15.5 Å². The molecule has 0 saturated carbocycles. The van der Waals surface area contributed by atoms with Crippen molar-refractivity contribution in [3.8, 4) is 5.75 Å². The lowest BCUT2D eigenvalue weighted by molar-refractivity contribution is -0.120. The lowest BCUT2D eigenvalue weighted by Crippen LogP contribution is -2.38. The van der Waals surface area contributed by atoms with E-state index in [-0.39, 0.29) is 17.8 Å². The van der Waals surface area contributed by atoms with Gasteiger partial charge in [0.05, 0.1) is 6.61 Å². The van der Waals surface area contributed by atoms with Gasteiger partial charge in [0.1, 0.15) is 11.6 Å². The average Bonchev–Trinajstić information content (AvgIpc) is 2.76. The molecule has 2 amide bonds. The Kier molecular flexibility index (Phi) is 11.2. The molecular formula is C25H34FN3O3. The first kappa shape index (κ1) is 25.3. The van der Waals surface area contributed by atoms with Crippen molar-refractivity contribution in [3.63, 3.8) is 0 Å². The number of halogens is 1. The highest BCUT2D eigenvalue weighted by Crippen LogP contribution is 2.18. The number of carbonyl (C=O) groups is 2. The Bertz CT molecular complexity index is 832. The molecule has 0 radical (unpaired) electrons. The van der Waals surface area contributed by atoms with Gasteiger partial charge in [-0.15, -0.1) is 0 Å². The van der Waals surface area contributed by atoms with E-state index in [9.17, 15) is 14.0 Å². The van der Waals surface area contributed by atoms with Crippen molar-refractivity contribution in [1.29, 1.82) is 0 Å². The second-order valence-corrected chi connectivity index (χ2v) is 7.85. The summed E-state index contributed by atoms with van der Waals surface area (Å²) in [6.07, 6.45) is 2.90. The molecule has 6 nitrogen and oxygen atoms in total. The first-order valence-electron chi connectivity index (χ1n) is 11.1. The van der Waals surface area contributed by atoms with Crippen LogP contribution in [0.2, 0.25) is 0 Å². The van der Waals surface area contributed by atoms with Gasteiger partial charge in [-0.25, -0.2) is 4.39 Å². The number of hydrogen-bond acceptors (Lipinski definition) is 4. The summed E-state index contributed by atoms with van der Waals surface area (Å²) in [7, 11) is 0. The molecule has 0 heterocycles. The third-order valence-corrected chi connectivity index (χ3v) is 4.92. The minimum absolute atomic E-state index is 0.121. The second kappa shape index (κ2) is 14.2. The lowest BCUT2D eigenvalue weighted by Gasteiger charge is -2.20. The van der Waals surface area contributed by atoms with Crippen LogP contribution < -0.4 is 15.4 Å². The molecule has 2 aromatic rings. The minimum Gasteiger partial charge on any atom is -0.493 e. The third-order valence-electron chi connectivity index (χ3n) is 4.92. The number of benzene rings is 2. The zero-order valence-electron chi connectivity index (χ0n) is 19.0. The van der Waals surface area contributed by atoms with E-state index < -0.39 is 0 Å². The summed E-state index contributed by atoms with van der Waals surface area (Å²) in [6.45, 7) is 6.48. The largest absolute Gasteiger partial charge is 0.493 e. The van der Waals surface area contributed by atoms with Gasteiger partial charge in [0.2, 0.25) is 12.3 Å². The molecule has 2 aromatic carbocycles. The summed E-state index contributed by atoms with van der Waals surface area (Å²) in [4.78, 5) is 24.7. The molecule has 0 aliphatic heterocycles. The molecule has 32 heavy (non-hydrogen) atoms. The average molecular weight is 444 g/mol. The van der Waals surface area contributed by atoms with Gasteiger partial charge < -0.3 is 20.3 Å². The monoisotopic (exact) mass is 443 g/mol. The maximum absolute atomic E-state index is 14.0. The molecular weight excluding hydrogens is 409 g/mol. The molecule has 0 spiro atoms. The van der Waals surface area contributed by atoms with Gasteiger partial charge in [-0.05, 0) is 49.1 Å². The topological polar surface area (TPSA) is 70.7 Å². The van der Waals surface area contributed by atoms with E-state index in [1.165, 1.54) is 19.1 Å². The van der Waals surface area contributed by atoms with Crippen molar-refractivity contribution in [2.75, 3.05) is 26.2 Å². The first-order chi connectivity index (χ1) is 15.5. The van der Waals surface area contributed by atoms with Crippen molar-refractivity contribution in [3.05, 3.63) is 65.5 Å². The number of nitrogens with zero attached hydrogens (tertiary/aromatic N) is 1. The third kappa shape index (κ3) is 9.92. The van der Waals surface area contributed by atoms with Gasteiger partial charge >= 0.3 is 0 Å². The number of hydrogen-bond donors (Lipinski definition) is 2. The van der Waals surface area contributed by atoms with Gasteiger partial charge in [0.25, 0.3) is 0 Å². The summed E-state index contributed by atoms with van der Waals surface area (Å²) in [5.41, 5.74) is 1.87. The molecule has 0 saturated heterocycles. The highest BCUT2D eigenvalue weighted by molar-refractivity contribution is 5.73. The predicted octanol–water partition coefficient (Wildman–Crippen LogP) is 3.30. The van der Waals surface area contributed by atoms with Crippen LogP contribution >= 0.6 is 0 Å². The summed E-state index contributed by atoms with van der Waals surface area (Å²) in [6, 6.07) is 14.4. The number of rotatable bonds is 15. The fourth-order valence-corrected chi connectivity index (χ4v) is 3.45. The van der Waals surface area contributed by atoms with Crippen molar-refractivity contribution in [2.24, 2.45) is 0 Å². The fraction of sp³-hybridized carbons (Fsp3) is 0.440. The fourth-order valence-electron chi connectivity index (χ4n) is 3.45. The first-order valence-corrected chi connectivity index (χ1v) is 11.1. The molecule has 0 aliphatic rings. The Morgan fingerprint density at radius 1 is 1.16 bits per heavy atom. The maximum Gasteiger partial charge on any atom is 0.217 e. The minimum atomic E-state index is -0.347. The Hall–Kier alpha value is -2.93. The normalized spacial score (nSPS) is 11.6. The molecule has 7 heteroatoms. The number of ether oxygens (including phenoxy) is 1. The van der Waals surface area contributed by atoms with Crippen LogP contribution in [0.25, 0.3) is 0 Å². The van der Waals surface area contributed by atoms with Crippen LogP contribution in [0.15, 0.2) is 48.5 Å². The van der Waals surface area contributed by atoms with Gasteiger partial charge in [0, 0.05) is 38.7 Å².